The molecule has 0 spiro atoms. The van der Waals surface area contributed by atoms with E-state index in [0.717, 1.165) is 27.8 Å². The lowest BCUT2D eigenvalue weighted by molar-refractivity contribution is 0.467. The average molecular weight is 352 g/mol. The van der Waals surface area contributed by atoms with Crippen molar-refractivity contribution in [2.45, 2.75) is 38.8 Å². The minimum absolute atomic E-state index is 0.0669. The zero-order valence-corrected chi connectivity index (χ0v) is 14.0. The highest BCUT2D eigenvalue weighted by atomic mass is 79.9. The Morgan fingerprint density at radius 3 is 2.81 bits per heavy atom. The van der Waals surface area contributed by atoms with Crippen LogP contribution in [0.1, 0.15) is 43.6 Å². The summed E-state index contributed by atoms with van der Waals surface area (Å²) in [7, 11) is 0. The van der Waals surface area contributed by atoms with Crippen molar-refractivity contribution in [1.82, 2.24) is 15.2 Å². The molecule has 1 heterocycles. The Hall–Kier alpha value is -1.37. The van der Waals surface area contributed by atoms with Crippen LogP contribution >= 0.6 is 15.9 Å². The SMILES string of the molecule is CCC(C)n1ccc(CC(NN)c2cc(Br)ccc2N)n1. The van der Waals surface area contributed by atoms with E-state index in [1.807, 2.05) is 35.1 Å². The van der Waals surface area contributed by atoms with Gasteiger partial charge in [-0.3, -0.25) is 16.0 Å². The van der Waals surface area contributed by atoms with Crippen LogP contribution in [-0.2, 0) is 6.42 Å². The van der Waals surface area contributed by atoms with Crippen molar-refractivity contribution in [2.24, 2.45) is 5.84 Å². The summed E-state index contributed by atoms with van der Waals surface area (Å²) in [6.45, 7) is 4.31. The first-order valence-corrected chi connectivity index (χ1v) is 7.89. The Labute approximate surface area is 133 Å². The van der Waals surface area contributed by atoms with E-state index in [1.165, 1.54) is 0 Å². The van der Waals surface area contributed by atoms with Crippen LogP contribution in [0.4, 0.5) is 5.69 Å². The van der Waals surface area contributed by atoms with Crippen molar-refractivity contribution >= 4 is 21.6 Å². The second-order valence-electron chi connectivity index (χ2n) is 5.24. The molecule has 0 amide bonds. The quantitative estimate of drug-likeness (QED) is 0.424. The average Bonchev–Trinajstić information content (AvgIpc) is 2.95. The molecule has 114 valence electrons. The number of halogens is 1. The fraction of sp³-hybridized carbons (Fsp3) is 0.400. The van der Waals surface area contributed by atoms with E-state index in [9.17, 15) is 0 Å². The van der Waals surface area contributed by atoms with Gasteiger partial charge in [0.1, 0.15) is 0 Å². The minimum atomic E-state index is -0.0669. The Balaban J connectivity index is 2.19. The Morgan fingerprint density at radius 2 is 2.14 bits per heavy atom. The second kappa shape index (κ2) is 7.06. The van der Waals surface area contributed by atoms with Crippen molar-refractivity contribution < 1.29 is 0 Å². The number of benzene rings is 1. The topological polar surface area (TPSA) is 81.9 Å². The first-order valence-electron chi connectivity index (χ1n) is 7.10. The Kier molecular flexibility index (Phi) is 5.39. The van der Waals surface area contributed by atoms with Crippen molar-refractivity contribution in [3.8, 4) is 0 Å². The van der Waals surface area contributed by atoms with E-state index in [1.54, 1.807) is 0 Å². The van der Waals surface area contributed by atoms with Gasteiger partial charge in [-0.15, -0.1) is 0 Å². The van der Waals surface area contributed by atoms with E-state index >= 15 is 0 Å². The van der Waals surface area contributed by atoms with Gasteiger partial charge in [0, 0.05) is 28.8 Å². The first-order chi connectivity index (χ1) is 10.0. The number of nitrogen functional groups attached to an aromatic ring is 1. The zero-order chi connectivity index (χ0) is 15.4. The van der Waals surface area contributed by atoms with Gasteiger partial charge in [0.05, 0.1) is 11.7 Å². The third-order valence-corrected chi connectivity index (χ3v) is 4.24. The Bertz CT molecular complexity index is 595. The highest BCUT2D eigenvalue weighted by Crippen LogP contribution is 2.26. The molecule has 0 radical (unpaired) electrons. The molecule has 21 heavy (non-hydrogen) atoms. The molecule has 6 heteroatoms. The van der Waals surface area contributed by atoms with Crippen molar-refractivity contribution in [1.29, 1.82) is 0 Å². The molecular weight excluding hydrogens is 330 g/mol. The van der Waals surface area contributed by atoms with Crippen LogP contribution < -0.4 is 17.0 Å². The monoisotopic (exact) mass is 351 g/mol. The third kappa shape index (κ3) is 3.84. The summed E-state index contributed by atoms with van der Waals surface area (Å²) < 4.78 is 2.98. The van der Waals surface area contributed by atoms with Gasteiger partial charge in [0.15, 0.2) is 0 Å². The van der Waals surface area contributed by atoms with Gasteiger partial charge in [-0.1, -0.05) is 22.9 Å². The van der Waals surface area contributed by atoms with Gasteiger partial charge in [0.2, 0.25) is 0 Å². The van der Waals surface area contributed by atoms with Gasteiger partial charge in [-0.25, -0.2) is 0 Å². The van der Waals surface area contributed by atoms with Crippen molar-refractivity contribution in [2.75, 3.05) is 5.73 Å². The molecule has 2 aromatic rings. The lowest BCUT2D eigenvalue weighted by Crippen LogP contribution is -2.30. The summed E-state index contributed by atoms with van der Waals surface area (Å²) in [4.78, 5) is 0. The molecule has 1 aromatic heterocycles. The maximum absolute atomic E-state index is 6.05. The number of rotatable bonds is 6. The summed E-state index contributed by atoms with van der Waals surface area (Å²) in [5.74, 6) is 5.71. The standard InChI is InChI=1S/C15H22BrN5/c1-3-10(2)21-7-6-12(20-21)9-15(19-18)13-8-11(16)4-5-14(13)17/h4-8,10,15,19H,3,9,17-18H2,1-2H3. The predicted octanol–water partition coefficient (Wildman–Crippen LogP) is 2.95. The number of aromatic nitrogens is 2. The fourth-order valence-corrected chi connectivity index (χ4v) is 2.61. The molecule has 0 saturated heterocycles. The van der Waals surface area contributed by atoms with Crippen LogP contribution in [0.3, 0.4) is 0 Å². The van der Waals surface area contributed by atoms with Crippen LogP contribution in [0.5, 0.6) is 0 Å². The van der Waals surface area contributed by atoms with Crippen LogP contribution in [-0.4, -0.2) is 9.78 Å². The second-order valence-corrected chi connectivity index (χ2v) is 6.16. The molecule has 5 nitrogen and oxygen atoms in total. The van der Waals surface area contributed by atoms with Crippen LogP contribution in [0, 0.1) is 0 Å². The summed E-state index contributed by atoms with van der Waals surface area (Å²) in [5.41, 5.74) is 11.6. The first kappa shape index (κ1) is 16.0. The normalized spacial score (nSPS) is 14.1. The lowest BCUT2D eigenvalue weighted by atomic mass is 10.0. The minimum Gasteiger partial charge on any atom is -0.398 e. The fourth-order valence-electron chi connectivity index (χ4n) is 2.23. The molecule has 0 aliphatic carbocycles. The van der Waals surface area contributed by atoms with E-state index in [0.29, 0.717) is 12.5 Å². The zero-order valence-electron chi connectivity index (χ0n) is 12.4. The van der Waals surface area contributed by atoms with Crippen molar-refractivity contribution in [3.63, 3.8) is 0 Å². The predicted molar refractivity (Wildman–Crippen MR) is 89.6 cm³/mol. The van der Waals surface area contributed by atoms with Crippen LogP contribution in [0.15, 0.2) is 34.9 Å². The molecule has 2 rings (SSSR count). The van der Waals surface area contributed by atoms with Gasteiger partial charge in [0.25, 0.3) is 0 Å². The number of anilines is 1. The number of nitrogens with two attached hydrogens (primary N) is 2. The number of hydrazine groups is 1. The van der Waals surface area contributed by atoms with Gasteiger partial charge >= 0.3 is 0 Å². The lowest BCUT2D eigenvalue weighted by Gasteiger charge is -2.17. The van der Waals surface area contributed by atoms with Crippen LogP contribution in [0.2, 0.25) is 0 Å². The molecule has 2 atom stereocenters. The maximum Gasteiger partial charge on any atom is 0.0644 e. The van der Waals surface area contributed by atoms with Gasteiger partial charge in [-0.2, -0.15) is 5.10 Å². The van der Waals surface area contributed by atoms with Gasteiger partial charge < -0.3 is 5.73 Å². The molecule has 0 fully saturated rings. The number of nitrogens with zero attached hydrogens (tertiary/aromatic N) is 2. The molecule has 2 unspecified atom stereocenters. The largest absolute Gasteiger partial charge is 0.398 e. The van der Waals surface area contributed by atoms with E-state index in [-0.39, 0.29) is 6.04 Å². The molecule has 1 aromatic carbocycles. The molecule has 0 bridgehead atoms. The smallest absolute Gasteiger partial charge is 0.0644 e. The summed E-state index contributed by atoms with van der Waals surface area (Å²) in [5, 5.41) is 4.61. The number of hydrogen-bond acceptors (Lipinski definition) is 4. The molecule has 0 saturated carbocycles. The number of nitrogens with one attached hydrogen (secondary N) is 1. The van der Waals surface area contributed by atoms with Gasteiger partial charge in [-0.05, 0) is 43.2 Å². The molecule has 5 N–H and O–H groups in total. The molecular formula is C15H22BrN5. The Morgan fingerprint density at radius 1 is 1.38 bits per heavy atom. The third-order valence-electron chi connectivity index (χ3n) is 3.74. The summed E-state index contributed by atoms with van der Waals surface area (Å²) in [6.07, 6.45) is 3.76. The summed E-state index contributed by atoms with van der Waals surface area (Å²) in [6, 6.07) is 8.16. The highest BCUT2D eigenvalue weighted by molar-refractivity contribution is 9.10. The van der Waals surface area contributed by atoms with Crippen LogP contribution in [0.25, 0.3) is 0 Å². The van der Waals surface area contributed by atoms with E-state index < -0.39 is 0 Å². The van der Waals surface area contributed by atoms with Crippen molar-refractivity contribution in [3.05, 3.63) is 46.2 Å². The molecule has 0 aliphatic rings. The summed E-state index contributed by atoms with van der Waals surface area (Å²) >= 11 is 3.47. The maximum atomic E-state index is 6.05. The number of hydrogen-bond donors (Lipinski definition) is 3. The molecule has 0 aliphatic heterocycles. The van der Waals surface area contributed by atoms with E-state index in [4.69, 9.17) is 11.6 Å². The highest BCUT2D eigenvalue weighted by Gasteiger charge is 2.16. The van der Waals surface area contributed by atoms with E-state index in [2.05, 4.69) is 40.3 Å².